The average molecular weight is 266 g/mol. The van der Waals surface area contributed by atoms with Crippen molar-refractivity contribution < 1.29 is 4.74 Å². The predicted molar refractivity (Wildman–Crippen MR) is 80.5 cm³/mol. The van der Waals surface area contributed by atoms with E-state index in [9.17, 15) is 0 Å². The Bertz CT molecular complexity index is 261. The van der Waals surface area contributed by atoms with E-state index in [0.717, 1.165) is 26.2 Å². The van der Waals surface area contributed by atoms with Crippen molar-refractivity contribution in [1.29, 1.82) is 0 Å². The second kappa shape index (κ2) is 8.03. The van der Waals surface area contributed by atoms with Crippen LogP contribution in [0.25, 0.3) is 0 Å². The number of hydrogen-bond acceptors (Lipinski definition) is 3. The lowest BCUT2D eigenvalue weighted by molar-refractivity contribution is 0.0919. The molecule has 0 aromatic heterocycles. The smallest absolute Gasteiger partial charge is 0.0593 e. The molecule has 0 aromatic carbocycles. The van der Waals surface area contributed by atoms with Crippen molar-refractivity contribution in [1.82, 2.24) is 10.2 Å². The summed E-state index contributed by atoms with van der Waals surface area (Å²) in [6, 6.07) is 0. The van der Waals surface area contributed by atoms with Crippen LogP contribution in [0.3, 0.4) is 0 Å². The van der Waals surface area contributed by atoms with Crippen molar-refractivity contribution in [3.8, 4) is 0 Å². The number of nitrogens with zero attached hydrogens (tertiary/aromatic N) is 1. The second-order valence-electron chi connectivity index (χ2n) is 6.09. The van der Waals surface area contributed by atoms with Crippen LogP contribution in [-0.2, 0) is 4.74 Å². The minimum Gasteiger partial charge on any atom is -0.380 e. The molecule has 2 rings (SSSR count). The fourth-order valence-electron chi connectivity index (χ4n) is 3.44. The molecular weight excluding hydrogens is 236 g/mol. The van der Waals surface area contributed by atoms with E-state index < -0.39 is 0 Å². The molecule has 1 N–H and O–H groups in total. The quantitative estimate of drug-likeness (QED) is 0.591. The number of ether oxygens (including phenoxy) is 1. The highest BCUT2D eigenvalue weighted by molar-refractivity contribution is 4.95. The molecule has 19 heavy (non-hydrogen) atoms. The highest BCUT2D eigenvalue weighted by Crippen LogP contribution is 2.30. The van der Waals surface area contributed by atoms with Gasteiger partial charge < -0.3 is 10.1 Å². The minimum absolute atomic E-state index is 0.413. The molecule has 1 heterocycles. The molecule has 3 nitrogen and oxygen atoms in total. The summed E-state index contributed by atoms with van der Waals surface area (Å²) in [6.07, 6.45) is 11.1. The van der Waals surface area contributed by atoms with Crippen LogP contribution in [0.2, 0.25) is 0 Å². The summed E-state index contributed by atoms with van der Waals surface area (Å²) in [5, 5.41) is 3.84. The Balaban J connectivity index is 1.74. The van der Waals surface area contributed by atoms with Crippen LogP contribution in [0.5, 0.6) is 0 Å². The van der Waals surface area contributed by atoms with Crippen LogP contribution in [0, 0.1) is 0 Å². The first-order valence-electron chi connectivity index (χ1n) is 8.01. The van der Waals surface area contributed by atoms with E-state index in [0.29, 0.717) is 5.54 Å². The van der Waals surface area contributed by atoms with E-state index in [-0.39, 0.29) is 0 Å². The molecule has 1 aliphatic carbocycles. The number of nitrogens with one attached hydrogen (secondary N) is 1. The summed E-state index contributed by atoms with van der Waals surface area (Å²) in [4.78, 5) is 2.61. The molecule has 0 bridgehead atoms. The molecule has 2 fully saturated rings. The average Bonchev–Trinajstić information content (AvgIpc) is 2.62. The molecule has 0 amide bonds. The monoisotopic (exact) mass is 266 g/mol. The normalized spacial score (nSPS) is 24.2. The fourth-order valence-corrected chi connectivity index (χ4v) is 3.44. The highest BCUT2D eigenvalue weighted by atomic mass is 16.5. The number of hydrogen-bond donors (Lipinski definition) is 1. The third-order valence-corrected chi connectivity index (χ3v) is 4.51. The highest BCUT2D eigenvalue weighted by Gasteiger charge is 2.34. The Morgan fingerprint density at radius 3 is 2.79 bits per heavy atom. The van der Waals surface area contributed by atoms with E-state index in [2.05, 4.69) is 16.8 Å². The first-order chi connectivity index (χ1) is 9.35. The van der Waals surface area contributed by atoms with Gasteiger partial charge in [-0.05, 0) is 38.8 Å². The lowest BCUT2D eigenvalue weighted by Gasteiger charge is -2.40. The summed E-state index contributed by atoms with van der Waals surface area (Å²) in [7, 11) is 0. The predicted octanol–water partition coefficient (Wildman–Crippen LogP) is 2.58. The van der Waals surface area contributed by atoms with Gasteiger partial charge in [-0.2, -0.15) is 0 Å². The Labute approximate surface area is 118 Å². The molecule has 1 spiro atoms. The Morgan fingerprint density at radius 1 is 1.16 bits per heavy atom. The topological polar surface area (TPSA) is 24.5 Å². The van der Waals surface area contributed by atoms with Gasteiger partial charge in [-0.25, -0.2) is 0 Å². The Morgan fingerprint density at radius 2 is 2.00 bits per heavy atom. The standard InChI is InChI=1S/C16H30N2O/c1-2-3-13-19-14-12-18-11-7-10-17-16(15-18)8-5-4-6-9-16/h2,17H,1,3-15H2. The van der Waals surface area contributed by atoms with Gasteiger partial charge in [-0.15, -0.1) is 6.58 Å². The first kappa shape index (κ1) is 15.0. The second-order valence-corrected chi connectivity index (χ2v) is 6.09. The molecule has 2 aliphatic rings. The zero-order chi connectivity index (χ0) is 13.4. The van der Waals surface area contributed by atoms with Gasteiger partial charge in [0.2, 0.25) is 0 Å². The van der Waals surface area contributed by atoms with Gasteiger partial charge in [0.25, 0.3) is 0 Å². The van der Waals surface area contributed by atoms with Gasteiger partial charge in [0.15, 0.2) is 0 Å². The van der Waals surface area contributed by atoms with E-state index >= 15 is 0 Å². The van der Waals surface area contributed by atoms with Crippen molar-refractivity contribution in [2.24, 2.45) is 0 Å². The molecule has 0 atom stereocenters. The lowest BCUT2D eigenvalue weighted by atomic mass is 9.81. The van der Waals surface area contributed by atoms with Crippen LogP contribution in [0.1, 0.15) is 44.9 Å². The molecule has 3 heteroatoms. The number of rotatable bonds is 6. The largest absolute Gasteiger partial charge is 0.380 e. The van der Waals surface area contributed by atoms with Crippen molar-refractivity contribution >= 4 is 0 Å². The maximum atomic E-state index is 5.66. The maximum absolute atomic E-state index is 5.66. The zero-order valence-corrected chi connectivity index (χ0v) is 12.3. The van der Waals surface area contributed by atoms with Gasteiger partial charge in [0, 0.05) is 18.6 Å². The first-order valence-corrected chi connectivity index (χ1v) is 8.01. The van der Waals surface area contributed by atoms with E-state index in [1.54, 1.807) is 0 Å². The third-order valence-electron chi connectivity index (χ3n) is 4.51. The van der Waals surface area contributed by atoms with Crippen LogP contribution in [0.15, 0.2) is 12.7 Å². The summed E-state index contributed by atoms with van der Waals surface area (Å²) in [5.74, 6) is 0. The van der Waals surface area contributed by atoms with Crippen molar-refractivity contribution in [2.75, 3.05) is 39.4 Å². The van der Waals surface area contributed by atoms with Gasteiger partial charge in [0.05, 0.1) is 13.2 Å². The molecule has 1 saturated heterocycles. The molecule has 0 aromatic rings. The Kier molecular flexibility index (Phi) is 6.35. The van der Waals surface area contributed by atoms with Crippen LogP contribution >= 0.6 is 0 Å². The summed E-state index contributed by atoms with van der Waals surface area (Å²) in [6.45, 7) is 10.1. The lowest BCUT2D eigenvalue weighted by Crippen LogP contribution is -2.53. The van der Waals surface area contributed by atoms with Crippen molar-refractivity contribution in [3.05, 3.63) is 12.7 Å². The summed E-state index contributed by atoms with van der Waals surface area (Å²) >= 11 is 0. The fraction of sp³-hybridized carbons (Fsp3) is 0.875. The van der Waals surface area contributed by atoms with Crippen molar-refractivity contribution in [3.63, 3.8) is 0 Å². The molecule has 0 radical (unpaired) electrons. The zero-order valence-electron chi connectivity index (χ0n) is 12.3. The Hall–Kier alpha value is -0.380. The molecular formula is C16H30N2O. The van der Waals surface area contributed by atoms with Gasteiger partial charge >= 0.3 is 0 Å². The van der Waals surface area contributed by atoms with E-state index in [4.69, 9.17) is 4.74 Å². The maximum Gasteiger partial charge on any atom is 0.0593 e. The van der Waals surface area contributed by atoms with Crippen LogP contribution < -0.4 is 5.32 Å². The molecule has 1 aliphatic heterocycles. The van der Waals surface area contributed by atoms with Gasteiger partial charge in [0.1, 0.15) is 0 Å². The SMILES string of the molecule is C=CCCOCCN1CCCNC2(CCCCC2)C1. The van der Waals surface area contributed by atoms with E-state index in [1.165, 1.54) is 58.2 Å². The summed E-state index contributed by atoms with van der Waals surface area (Å²) in [5.41, 5.74) is 0.413. The van der Waals surface area contributed by atoms with Crippen molar-refractivity contribution in [2.45, 2.75) is 50.5 Å². The van der Waals surface area contributed by atoms with Crippen LogP contribution in [-0.4, -0.2) is 49.8 Å². The van der Waals surface area contributed by atoms with Gasteiger partial charge in [-0.1, -0.05) is 25.3 Å². The minimum atomic E-state index is 0.413. The summed E-state index contributed by atoms with van der Waals surface area (Å²) < 4.78 is 5.66. The molecule has 1 saturated carbocycles. The van der Waals surface area contributed by atoms with E-state index in [1.807, 2.05) is 6.08 Å². The molecule has 0 unspecified atom stereocenters. The third kappa shape index (κ3) is 4.90. The van der Waals surface area contributed by atoms with Gasteiger partial charge in [-0.3, -0.25) is 4.90 Å². The van der Waals surface area contributed by atoms with Crippen LogP contribution in [0.4, 0.5) is 0 Å². The molecule has 110 valence electrons.